The molecule has 2 aromatic rings. The number of guanidine groups is 1. The van der Waals surface area contributed by atoms with Crippen LogP contribution < -0.4 is 11.1 Å². The highest BCUT2D eigenvalue weighted by molar-refractivity contribution is 5.98. The van der Waals surface area contributed by atoms with Gasteiger partial charge in [-0.3, -0.25) is 14.5 Å². The second-order valence-electron chi connectivity index (χ2n) is 6.72. The van der Waals surface area contributed by atoms with Gasteiger partial charge in [0.05, 0.1) is 12.0 Å². The predicted molar refractivity (Wildman–Crippen MR) is 103 cm³/mol. The Balaban J connectivity index is 1.99. The molecule has 1 aliphatic heterocycles. The Labute approximate surface area is 152 Å². The van der Waals surface area contributed by atoms with Crippen molar-refractivity contribution >= 4 is 23.5 Å². The van der Waals surface area contributed by atoms with Crippen LogP contribution in [0.2, 0.25) is 0 Å². The van der Waals surface area contributed by atoms with Gasteiger partial charge >= 0.3 is 0 Å². The van der Waals surface area contributed by atoms with Gasteiger partial charge in [-0.05, 0) is 41.8 Å². The molecule has 134 valence electrons. The number of rotatable bonds is 3. The summed E-state index contributed by atoms with van der Waals surface area (Å²) in [5, 5.41) is 2.79. The molecule has 0 spiro atoms. The molecule has 0 aromatic heterocycles. The number of nitrogens with one attached hydrogen (secondary N) is 1. The van der Waals surface area contributed by atoms with Crippen molar-refractivity contribution in [3.05, 3.63) is 54.1 Å². The molecule has 1 atom stereocenters. The number of nitrogens with two attached hydrogens (primary N) is 1. The van der Waals surface area contributed by atoms with Crippen molar-refractivity contribution < 1.29 is 9.59 Å². The number of benzene rings is 2. The largest absolute Gasteiger partial charge is 0.369 e. The van der Waals surface area contributed by atoms with Crippen LogP contribution in [0.25, 0.3) is 11.1 Å². The number of aliphatic imine (C=N–C) groups is 1. The van der Waals surface area contributed by atoms with Gasteiger partial charge in [-0.2, -0.15) is 0 Å². The number of carbonyl (C=O) groups excluding carboxylic acids is 2. The van der Waals surface area contributed by atoms with Gasteiger partial charge in [-0.25, -0.2) is 4.99 Å². The van der Waals surface area contributed by atoms with E-state index in [1.807, 2.05) is 55.5 Å². The average molecular weight is 350 g/mol. The Hall–Kier alpha value is -3.15. The molecule has 0 aliphatic carbocycles. The van der Waals surface area contributed by atoms with E-state index < -0.39 is 5.54 Å². The second kappa shape index (κ2) is 6.63. The summed E-state index contributed by atoms with van der Waals surface area (Å²) < 4.78 is 0. The molecule has 0 radical (unpaired) electrons. The van der Waals surface area contributed by atoms with Gasteiger partial charge in [0.25, 0.3) is 0 Å². The minimum Gasteiger partial charge on any atom is -0.369 e. The lowest BCUT2D eigenvalue weighted by Gasteiger charge is -2.33. The minimum atomic E-state index is -0.696. The maximum Gasteiger partial charge on any atom is 0.231 e. The molecule has 6 heteroatoms. The zero-order chi connectivity index (χ0) is 18.9. The SMILES string of the molecule is CC(=O)Nc1cccc(-c2cccc(C3(C)CC(=O)N(C)C(N)=N3)c2)c1. The third-order valence-corrected chi connectivity index (χ3v) is 4.58. The fourth-order valence-electron chi connectivity index (χ4n) is 3.09. The van der Waals surface area contributed by atoms with Crippen LogP contribution in [0.3, 0.4) is 0 Å². The number of nitrogens with zero attached hydrogens (tertiary/aromatic N) is 2. The van der Waals surface area contributed by atoms with Gasteiger partial charge in [0.15, 0.2) is 5.96 Å². The highest BCUT2D eigenvalue weighted by atomic mass is 16.2. The molecule has 1 unspecified atom stereocenters. The van der Waals surface area contributed by atoms with Crippen LogP contribution in [0.1, 0.15) is 25.8 Å². The number of carbonyl (C=O) groups is 2. The first-order chi connectivity index (χ1) is 12.3. The summed E-state index contributed by atoms with van der Waals surface area (Å²) >= 11 is 0. The number of hydrogen-bond donors (Lipinski definition) is 2. The third kappa shape index (κ3) is 3.44. The molecular formula is C20H22N4O2. The predicted octanol–water partition coefficient (Wildman–Crippen LogP) is 2.70. The summed E-state index contributed by atoms with van der Waals surface area (Å²) in [5.41, 5.74) is 8.83. The molecule has 0 saturated heterocycles. The van der Waals surface area contributed by atoms with Crippen LogP contribution >= 0.6 is 0 Å². The maximum absolute atomic E-state index is 12.2. The summed E-state index contributed by atoms with van der Waals surface area (Å²) in [6.45, 7) is 3.39. The molecule has 0 bridgehead atoms. The van der Waals surface area contributed by atoms with Gasteiger partial charge in [0.2, 0.25) is 11.8 Å². The lowest BCUT2D eigenvalue weighted by Crippen LogP contribution is -2.47. The molecule has 2 aromatic carbocycles. The fourth-order valence-corrected chi connectivity index (χ4v) is 3.09. The molecular weight excluding hydrogens is 328 g/mol. The summed E-state index contributed by atoms with van der Waals surface area (Å²) in [4.78, 5) is 29.4. The third-order valence-electron chi connectivity index (χ3n) is 4.58. The smallest absolute Gasteiger partial charge is 0.231 e. The monoisotopic (exact) mass is 350 g/mol. The Morgan fingerprint density at radius 3 is 2.50 bits per heavy atom. The first-order valence-corrected chi connectivity index (χ1v) is 8.39. The van der Waals surface area contributed by atoms with Crippen LogP contribution in [0, 0.1) is 0 Å². The Bertz CT molecular complexity index is 906. The molecule has 2 amide bonds. The molecule has 1 aliphatic rings. The van der Waals surface area contributed by atoms with Crippen molar-refractivity contribution in [2.75, 3.05) is 12.4 Å². The van der Waals surface area contributed by atoms with E-state index in [0.717, 1.165) is 22.4 Å². The van der Waals surface area contributed by atoms with Gasteiger partial charge in [-0.15, -0.1) is 0 Å². The lowest BCUT2D eigenvalue weighted by molar-refractivity contribution is -0.128. The summed E-state index contributed by atoms with van der Waals surface area (Å²) in [5.74, 6) is 0.0536. The van der Waals surface area contributed by atoms with Crippen LogP contribution in [-0.2, 0) is 15.1 Å². The fraction of sp³-hybridized carbons (Fsp3) is 0.250. The van der Waals surface area contributed by atoms with Crippen molar-refractivity contribution in [3.8, 4) is 11.1 Å². The lowest BCUT2D eigenvalue weighted by atomic mass is 9.86. The first kappa shape index (κ1) is 17.7. The van der Waals surface area contributed by atoms with E-state index in [1.54, 1.807) is 7.05 Å². The summed E-state index contributed by atoms with van der Waals surface area (Å²) in [6.07, 6.45) is 0.263. The molecule has 0 saturated carbocycles. The molecule has 3 N–H and O–H groups in total. The van der Waals surface area contributed by atoms with Crippen molar-refractivity contribution in [2.45, 2.75) is 25.8 Å². The van der Waals surface area contributed by atoms with Crippen molar-refractivity contribution in [1.29, 1.82) is 0 Å². The zero-order valence-electron chi connectivity index (χ0n) is 15.1. The van der Waals surface area contributed by atoms with Crippen LogP contribution in [-0.4, -0.2) is 29.7 Å². The minimum absolute atomic E-state index is 0.0574. The van der Waals surface area contributed by atoms with Crippen molar-refractivity contribution in [3.63, 3.8) is 0 Å². The van der Waals surface area contributed by atoms with E-state index in [9.17, 15) is 9.59 Å². The average Bonchev–Trinajstić information content (AvgIpc) is 2.59. The molecule has 0 fully saturated rings. The van der Waals surface area contributed by atoms with E-state index in [-0.39, 0.29) is 24.2 Å². The van der Waals surface area contributed by atoms with Crippen molar-refractivity contribution in [2.24, 2.45) is 10.7 Å². The number of amides is 2. The molecule has 1 heterocycles. The van der Waals surface area contributed by atoms with E-state index in [2.05, 4.69) is 10.3 Å². The normalized spacial score (nSPS) is 19.9. The Kier molecular flexibility index (Phi) is 4.50. The molecule has 26 heavy (non-hydrogen) atoms. The first-order valence-electron chi connectivity index (χ1n) is 8.39. The number of hydrogen-bond acceptors (Lipinski definition) is 4. The molecule has 3 rings (SSSR count). The van der Waals surface area contributed by atoms with Gasteiger partial charge in [-0.1, -0.05) is 30.3 Å². The quantitative estimate of drug-likeness (QED) is 0.892. The summed E-state index contributed by atoms with van der Waals surface area (Å²) in [6, 6.07) is 15.5. The highest BCUT2D eigenvalue weighted by Gasteiger charge is 2.36. The molecule has 6 nitrogen and oxygen atoms in total. The highest BCUT2D eigenvalue weighted by Crippen LogP contribution is 2.35. The Morgan fingerprint density at radius 1 is 1.19 bits per heavy atom. The second-order valence-corrected chi connectivity index (χ2v) is 6.72. The number of anilines is 1. The summed E-state index contributed by atoms with van der Waals surface area (Å²) in [7, 11) is 1.63. The van der Waals surface area contributed by atoms with E-state index in [1.165, 1.54) is 11.8 Å². The Morgan fingerprint density at radius 2 is 1.85 bits per heavy atom. The van der Waals surface area contributed by atoms with E-state index in [4.69, 9.17) is 5.73 Å². The van der Waals surface area contributed by atoms with Crippen LogP contribution in [0.5, 0.6) is 0 Å². The van der Waals surface area contributed by atoms with Crippen molar-refractivity contribution in [1.82, 2.24) is 4.90 Å². The maximum atomic E-state index is 12.2. The van der Waals surface area contributed by atoms with Gasteiger partial charge in [0, 0.05) is 19.7 Å². The topological polar surface area (TPSA) is 87.8 Å². The van der Waals surface area contributed by atoms with Crippen LogP contribution in [0.4, 0.5) is 5.69 Å². The van der Waals surface area contributed by atoms with E-state index in [0.29, 0.717) is 0 Å². The van der Waals surface area contributed by atoms with Gasteiger partial charge in [0.1, 0.15) is 0 Å². The van der Waals surface area contributed by atoms with E-state index >= 15 is 0 Å². The van der Waals surface area contributed by atoms with Gasteiger partial charge < -0.3 is 11.1 Å². The standard InChI is InChI=1S/C20H22N4O2/c1-13(25)22-17-9-5-7-15(11-17)14-6-4-8-16(10-14)20(2)12-18(26)24(3)19(21)23-20/h4-11H,12H2,1-3H3,(H2,21,23)(H,22,25). The zero-order valence-corrected chi connectivity index (χ0v) is 15.1. The van der Waals surface area contributed by atoms with Crippen LogP contribution in [0.15, 0.2) is 53.5 Å².